The topological polar surface area (TPSA) is 103 Å². The number of rotatable bonds is 6. The number of hydrogen-bond acceptors (Lipinski definition) is 4. The van der Waals surface area contributed by atoms with Crippen molar-refractivity contribution in [3.63, 3.8) is 0 Å². The van der Waals surface area contributed by atoms with E-state index in [4.69, 9.17) is 4.74 Å². The number of ether oxygens (including phenoxy) is 1. The van der Waals surface area contributed by atoms with Crippen LogP contribution in [0.4, 0.5) is 4.79 Å². The second-order valence-corrected chi connectivity index (χ2v) is 12.6. The highest BCUT2D eigenvalue weighted by atomic mass is 16.6. The number of amides is 2. The first-order chi connectivity index (χ1) is 17.9. The zero-order valence-electron chi connectivity index (χ0n) is 23.6. The average molecular weight is 526 g/mol. The minimum Gasteiger partial charge on any atom is -0.480 e. The van der Waals surface area contributed by atoms with Crippen LogP contribution in [0.1, 0.15) is 84.0 Å². The molecule has 2 amide bonds. The van der Waals surface area contributed by atoms with Gasteiger partial charge in [0.25, 0.3) is 0 Å². The Hall–Kier alpha value is -3.03. The average Bonchev–Trinajstić information content (AvgIpc) is 3.21. The van der Waals surface area contributed by atoms with Crippen molar-refractivity contribution in [2.24, 2.45) is 17.8 Å². The molecule has 1 aliphatic carbocycles. The fourth-order valence-electron chi connectivity index (χ4n) is 6.17. The van der Waals surface area contributed by atoms with E-state index in [1.165, 1.54) is 0 Å². The van der Waals surface area contributed by atoms with Crippen molar-refractivity contribution in [1.29, 1.82) is 0 Å². The van der Waals surface area contributed by atoms with Crippen LogP contribution in [-0.2, 0) is 20.7 Å². The van der Waals surface area contributed by atoms with Crippen molar-refractivity contribution in [3.05, 3.63) is 35.5 Å². The molecule has 1 fully saturated rings. The van der Waals surface area contributed by atoms with E-state index in [2.05, 4.69) is 18.8 Å². The molecule has 0 radical (unpaired) electrons. The third kappa shape index (κ3) is 6.00. The number of carbonyl (C=O) groups is 3. The Balaban J connectivity index is 1.51. The quantitative estimate of drug-likeness (QED) is 0.499. The number of para-hydroxylation sites is 1. The van der Waals surface area contributed by atoms with E-state index in [9.17, 15) is 19.5 Å². The maximum Gasteiger partial charge on any atom is 0.410 e. The zero-order chi connectivity index (χ0) is 27.8. The highest BCUT2D eigenvalue weighted by Crippen LogP contribution is 2.42. The number of aliphatic carboxylic acids is 1. The van der Waals surface area contributed by atoms with Crippen LogP contribution in [0.5, 0.6) is 0 Å². The molecule has 2 unspecified atom stereocenters. The fraction of sp³-hybridized carbons (Fsp3) is 0.633. The molecule has 0 saturated heterocycles. The van der Waals surface area contributed by atoms with E-state index in [1.807, 2.05) is 45.0 Å². The Labute approximate surface area is 225 Å². The van der Waals surface area contributed by atoms with Crippen molar-refractivity contribution in [3.8, 4) is 0 Å². The summed E-state index contributed by atoms with van der Waals surface area (Å²) in [5, 5.41) is 11.3. The number of carbonyl (C=O) groups excluding carboxylic acids is 2. The normalized spacial score (nSPS) is 23.8. The Kier molecular flexibility index (Phi) is 8.09. The predicted octanol–water partition coefficient (Wildman–Crippen LogP) is 5.77. The van der Waals surface area contributed by atoms with Crippen LogP contribution in [0.3, 0.4) is 0 Å². The second-order valence-electron chi connectivity index (χ2n) is 12.6. The van der Waals surface area contributed by atoms with Gasteiger partial charge in [0, 0.05) is 42.5 Å². The van der Waals surface area contributed by atoms with Gasteiger partial charge in [-0.1, -0.05) is 32.0 Å². The van der Waals surface area contributed by atoms with Crippen molar-refractivity contribution in [2.75, 3.05) is 13.6 Å². The number of nitrogens with one attached hydrogen (secondary N) is 1. The minimum absolute atomic E-state index is 0.0497. The van der Waals surface area contributed by atoms with Gasteiger partial charge in [-0.2, -0.15) is 0 Å². The Bertz CT molecular complexity index is 1170. The summed E-state index contributed by atoms with van der Waals surface area (Å²) >= 11 is 0. The van der Waals surface area contributed by atoms with Crippen molar-refractivity contribution < 1.29 is 24.2 Å². The largest absolute Gasteiger partial charge is 0.480 e. The smallest absolute Gasteiger partial charge is 0.410 e. The first kappa shape index (κ1) is 28.0. The number of carboxylic acid groups (broad SMARTS) is 1. The fourth-order valence-corrected chi connectivity index (χ4v) is 6.17. The number of H-pyrrole nitrogens is 1. The number of aromatic nitrogens is 1. The van der Waals surface area contributed by atoms with E-state index in [1.54, 1.807) is 16.8 Å². The number of aromatic amines is 1. The first-order valence-corrected chi connectivity index (χ1v) is 13.9. The first-order valence-electron chi connectivity index (χ1n) is 13.9. The van der Waals surface area contributed by atoms with Crippen molar-refractivity contribution in [1.82, 2.24) is 14.8 Å². The summed E-state index contributed by atoms with van der Waals surface area (Å²) in [6.07, 6.45) is 3.71. The third-order valence-corrected chi connectivity index (χ3v) is 7.92. The van der Waals surface area contributed by atoms with Crippen LogP contribution in [0.15, 0.2) is 24.3 Å². The minimum atomic E-state index is -0.948. The molecular weight excluding hydrogens is 482 g/mol. The predicted molar refractivity (Wildman–Crippen MR) is 147 cm³/mol. The van der Waals surface area contributed by atoms with Gasteiger partial charge in [0.15, 0.2) is 0 Å². The number of carboxylic acids is 1. The van der Waals surface area contributed by atoms with Crippen molar-refractivity contribution >= 4 is 28.9 Å². The Morgan fingerprint density at radius 3 is 2.39 bits per heavy atom. The molecule has 1 saturated carbocycles. The van der Waals surface area contributed by atoms with Gasteiger partial charge in [-0.05, 0) is 76.3 Å². The molecule has 208 valence electrons. The van der Waals surface area contributed by atoms with Gasteiger partial charge in [-0.25, -0.2) is 9.59 Å². The molecule has 8 heteroatoms. The van der Waals surface area contributed by atoms with E-state index >= 15 is 0 Å². The van der Waals surface area contributed by atoms with Crippen LogP contribution in [0.2, 0.25) is 0 Å². The highest BCUT2D eigenvalue weighted by Gasteiger charge is 2.45. The van der Waals surface area contributed by atoms with E-state index < -0.39 is 17.6 Å². The number of fused-ring (bicyclic) bond motifs is 3. The lowest BCUT2D eigenvalue weighted by molar-refractivity contribution is -0.156. The Morgan fingerprint density at radius 2 is 1.79 bits per heavy atom. The van der Waals surface area contributed by atoms with Crippen LogP contribution in [0.25, 0.3) is 10.9 Å². The Morgan fingerprint density at radius 1 is 1.13 bits per heavy atom. The van der Waals surface area contributed by atoms with E-state index in [-0.39, 0.29) is 24.0 Å². The van der Waals surface area contributed by atoms with Gasteiger partial charge >= 0.3 is 12.1 Å². The van der Waals surface area contributed by atoms with Crippen molar-refractivity contribution in [2.45, 2.75) is 90.8 Å². The standard InChI is InChI=1S/C30H43N3O5/c1-18(2)15-24-26-22(21-9-7-8-10-23(21)31-26)16-25(28(35)36)33(24)27(34)20-13-11-19(12-14-20)17-32(6)29(37)38-30(3,4)5/h7-10,18-20,24-25,31H,11-17H2,1-6H3,(H,35,36). The van der Waals surface area contributed by atoms with Crippen LogP contribution < -0.4 is 0 Å². The molecule has 4 rings (SSSR count). The molecule has 0 spiro atoms. The van der Waals surface area contributed by atoms with Gasteiger partial charge in [-0.3, -0.25) is 4.79 Å². The molecule has 2 N–H and O–H groups in total. The van der Waals surface area contributed by atoms with E-state index in [0.717, 1.165) is 35.0 Å². The third-order valence-electron chi connectivity index (χ3n) is 7.92. The molecule has 2 atom stereocenters. The molecule has 1 aliphatic heterocycles. The highest BCUT2D eigenvalue weighted by molar-refractivity contribution is 5.90. The molecule has 38 heavy (non-hydrogen) atoms. The molecule has 2 aliphatic rings. The number of hydrogen-bond donors (Lipinski definition) is 2. The lowest BCUT2D eigenvalue weighted by atomic mass is 9.79. The van der Waals surface area contributed by atoms with Gasteiger partial charge in [-0.15, -0.1) is 0 Å². The molecule has 0 bridgehead atoms. The molecule has 2 aromatic rings. The lowest BCUT2D eigenvalue weighted by Gasteiger charge is -2.43. The van der Waals surface area contributed by atoms with E-state index in [0.29, 0.717) is 44.1 Å². The SMILES string of the molecule is CC(C)CC1c2[nH]c3ccccc3c2CC(C(=O)O)N1C(=O)C1CCC(CN(C)C(=O)OC(C)(C)C)CC1. The summed E-state index contributed by atoms with van der Waals surface area (Å²) < 4.78 is 5.48. The number of benzene rings is 1. The van der Waals surface area contributed by atoms with Gasteiger partial charge in [0.1, 0.15) is 11.6 Å². The maximum absolute atomic E-state index is 14.0. The van der Waals surface area contributed by atoms with Gasteiger partial charge in [0.05, 0.1) is 6.04 Å². The van der Waals surface area contributed by atoms with Gasteiger partial charge in [0.2, 0.25) is 5.91 Å². The second kappa shape index (κ2) is 11.0. The molecule has 1 aromatic heterocycles. The van der Waals surface area contributed by atoms with Gasteiger partial charge < -0.3 is 24.6 Å². The van der Waals surface area contributed by atoms with Crippen LogP contribution in [0, 0.1) is 17.8 Å². The van der Waals surface area contributed by atoms with Crippen LogP contribution in [-0.4, -0.2) is 63.1 Å². The summed E-state index contributed by atoms with van der Waals surface area (Å²) in [5.74, 6) is -0.622. The molecule has 8 nitrogen and oxygen atoms in total. The summed E-state index contributed by atoms with van der Waals surface area (Å²) in [7, 11) is 1.75. The molecule has 2 heterocycles. The summed E-state index contributed by atoms with van der Waals surface area (Å²) in [5.41, 5.74) is 2.45. The lowest BCUT2D eigenvalue weighted by Crippen LogP contribution is -2.53. The maximum atomic E-state index is 14.0. The number of nitrogens with zero attached hydrogens (tertiary/aromatic N) is 2. The summed E-state index contributed by atoms with van der Waals surface area (Å²) in [6, 6.07) is 6.81. The molecular formula is C30H43N3O5. The zero-order valence-corrected chi connectivity index (χ0v) is 23.6. The molecule has 1 aromatic carbocycles. The summed E-state index contributed by atoms with van der Waals surface area (Å²) in [6.45, 7) is 10.4. The van der Waals surface area contributed by atoms with Crippen LogP contribution >= 0.6 is 0 Å². The monoisotopic (exact) mass is 525 g/mol. The summed E-state index contributed by atoms with van der Waals surface area (Å²) in [4.78, 5) is 45.8.